The molecule has 1 saturated heterocycles. The Bertz CT molecular complexity index is 381. The predicted octanol–water partition coefficient (Wildman–Crippen LogP) is 1.53. The van der Waals surface area contributed by atoms with Gasteiger partial charge in [-0.15, -0.1) is 0 Å². The van der Waals surface area contributed by atoms with E-state index in [0.717, 1.165) is 32.2 Å². The third-order valence-electron chi connectivity index (χ3n) is 5.04. The first-order valence-electron chi connectivity index (χ1n) is 7.65. The summed E-state index contributed by atoms with van der Waals surface area (Å²) in [5.41, 5.74) is -1.53. The number of carbonyl (C=O) groups excluding carboxylic acids is 1. The molecule has 3 N–H and O–H groups in total. The Hall–Kier alpha value is -1.10. The lowest BCUT2D eigenvalue weighted by Gasteiger charge is -2.40. The highest BCUT2D eigenvalue weighted by Crippen LogP contribution is 2.34. The van der Waals surface area contributed by atoms with E-state index in [1.54, 1.807) is 0 Å². The molecule has 5 nitrogen and oxygen atoms in total. The van der Waals surface area contributed by atoms with Gasteiger partial charge in [-0.1, -0.05) is 6.92 Å². The van der Waals surface area contributed by atoms with Crippen LogP contribution in [0.1, 0.15) is 52.4 Å². The number of nitrogens with one attached hydrogen (secondary N) is 2. The fourth-order valence-corrected chi connectivity index (χ4v) is 3.27. The second kappa shape index (κ2) is 5.72. The van der Waals surface area contributed by atoms with E-state index < -0.39 is 16.9 Å². The van der Waals surface area contributed by atoms with Crippen LogP contribution in [0, 0.1) is 11.3 Å². The number of piperidine rings is 1. The predicted molar refractivity (Wildman–Crippen MR) is 76.4 cm³/mol. The van der Waals surface area contributed by atoms with Crippen molar-refractivity contribution in [2.45, 2.75) is 57.9 Å². The summed E-state index contributed by atoms with van der Waals surface area (Å²) in [6.07, 6.45) is 4.58. The van der Waals surface area contributed by atoms with Crippen LogP contribution in [0.15, 0.2) is 0 Å². The molecule has 2 aliphatic rings. The van der Waals surface area contributed by atoms with E-state index in [1.807, 2.05) is 6.92 Å². The van der Waals surface area contributed by atoms with Gasteiger partial charge in [0.25, 0.3) is 0 Å². The molecule has 0 aromatic heterocycles. The van der Waals surface area contributed by atoms with Gasteiger partial charge in [0.1, 0.15) is 5.54 Å². The maximum absolute atomic E-state index is 12.6. The SMILES string of the molecule is CC1CCC(NC(=O)C2(C)CCCNC2)(C(=O)O)CC1. The van der Waals surface area contributed by atoms with Crippen LogP contribution in [-0.4, -0.2) is 35.6 Å². The molecule has 0 spiro atoms. The van der Waals surface area contributed by atoms with E-state index >= 15 is 0 Å². The third kappa shape index (κ3) is 2.97. The Morgan fingerprint density at radius 1 is 1.25 bits per heavy atom. The van der Waals surface area contributed by atoms with E-state index in [4.69, 9.17) is 0 Å². The molecule has 1 unspecified atom stereocenters. The summed E-state index contributed by atoms with van der Waals surface area (Å²) in [6, 6.07) is 0. The summed E-state index contributed by atoms with van der Waals surface area (Å²) in [5.74, 6) is -0.446. The second-order valence-corrected chi connectivity index (χ2v) is 6.86. The fraction of sp³-hybridized carbons (Fsp3) is 0.867. The molecule has 1 saturated carbocycles. The van der Waals surface area contributed by atoms with Gasteiger partial charge in [0, 0.05) is 6.54 Å². The van der Waals surface area contributed by atoms with E-state index in [9.17, 15) is 14.7 Å². The van der Waals surface area contributed by atoms with Crippen molar-refractivity contribution in [3.8, 4) is 0 Å². The van der Waals surface area contributed by atoms with Gasteiger partial charge in [0.05, 0.1) is 5.41 Å². The Morgan fingerprint density at radius 2 is 1.90 bits per heavy atom. The van der Waals surface area contributed by atoms with Gasteiger partial charge in [0.15, 0.2) is 0 Å². The number of carboxylic acids is 1. The normalized spacial score (nSPS) is 38.2. The summed E-state index contributed by atoms with van der Waals surface area (Å²) in [5, 5.41) is 15.7. The summed E-state index contributed by atoms with van der Waals surface area (Å²) in [7, 11) is 0. The zero-order chi connectivity index (χ0) is 14.8. The van der Waals surface area contributed by atoms with Crippen LogP contribution >= 0.6 is 0 Å². The lowest BCUT2D eigenvalue weighted by atomic mass is 9.75. The van der Waals surface area contributed by atoms with Gasteiger partial charge in [-0.25, -0.2) is 4.79 Å². The Labute approximate surface area is 120 Å². The largest absolute Gasteiger partial charge is 0.480 e. The average Bonchev–Trinajstić information content (AvgIpc) is 2.42. The third-order valence-corrected chi connectivity index (χ3v) is 5.04. The summed E-state index contributed by atoms with van der Waals surface area (Å²) in [4.78, 5) is 24.2. The minimum atomic E-state index is -1.05. The lowest BCUT2D eigenvalue weighted by Crippen LogP contribution is -2.61. The summed E-state index contributed by atoms with van der Waals surface area (Å²) >= 11 is 0. The molecule has 1 aliphatic carbocycles. The number of aliphatic carboxylic acids is 1. The minimum absolute atomic E-state index is 0.110. The van der Waals surface area contributed by atoms with Crippen LogP contribution in [0.3, 0.4) is 0 Å². The van der Waals surface area contributed by atoms with Gasteiger partial charge in [0.2, 0.25) is 5.91 Å². The van der Waals surface area contributed by atoms with Gasteiger partial charge >= 0.3 is 5.97 Å². The molecule has 114 valence electrons. The average molecular weight is 282 g/mol. The Balaban J connectivity index is 2.08. The van der Waals surface area contributed by atoms with E-state index in [-0.39, 0.29) is 5.91 Å². The van der Waals surface area contributed by atoms with E-state index in [1.165, 1.54) is 0 Å². The molecule has 1 aliphatic heterocycles. The highest BCUT2D eigenvalue weighted by molar-refractivity contribution is 5.90. The van der Waals surface area contributed by atoms with Crippen LogP contribution in [0.2, 0.25) is 0 Å². The number of carbonyl (C=O) groups is 2. The fourth-order valence-electron chi connectivity index (χ4n) is 3.27. The number of hydrogen-bond donors (Lipinski definition) is 3. The summed E-state index contributed by atoms with van der Waals surface area (Å²) in [6.45, 7) is 5.63. The highest BCUT2D eigenvalue weighted by atomic mass is 16.4. The number of carboxylic acid groups (broad SMARTS) is 1. The van der Waals surface area contributed by atoms with Gasteiger partial charge in [-0.3, -0.25) is 4.79 Å². The van der Waals surface area contributed by atoms with Crippen LogP contribution in [0.25, 0.3) is 0 Å². The van der Waals surface area contributed by atoms with Crippen molar-refractivity contribution in [2.24, 2.45) is 11.3 Å². The van der Waals surface area contributed by atoms with Gasteiger partial charge in [-0.05, 0) is 57.9 Å². The van der Waals surface area contributed by atoms with Crippen molar-refractivity contribution in [3.05, 3.63) is 0 Å². The second-order valence-electron chi connectivity index (χ2n) is 6.86. The maximum atomic E-state index is 12.6. The Kier molecular flexibility index (Phi) is 4.37. The zero-order valence-corrected chi connectivity index (χ0v) is 12.5. The molecule has 1 heterocycles. The minimum Gasteiger partial charge on any atom is -0.480 e. The lowest BCUT2D eigenvalue weighted by molar-refractivity contribution is -0.151. The molecule has 0 aromatic rings. The van der Waals surface area contributed by atoms with Crippen LogP contribution in [-0.2, 0) is 9.59 Å². The first-order valence-corrected chi connectivity index (χ1v) is 7.65. The smallest absolute Gasteiger partial charge is 0.329 e. The highest BCUT2D eigenvalue weighted by Gasteiger charge is 2.46. The molecule has 0 aromatic carbocycles. The van der Waals surface area contributed by atoms with Crippen molar-refractivity contribution >= 4 is 11.9 Å². The van der Waals surface area contributed by atoms with Gasteiger partial charge < -0.3 is 15.7 Å². The molecule has 0 bridgehead atoms. The van der Waals surface area contributed by atoms with Crippen LogP contribution < -0.4 is 10.6 Å². The van der Waals surface area contributed by atoms with E-state index in [2.05, 4.69) is 17.6 Å². The maximum Gasteiger partial charge on any atom is 0.329 e. The first-order chi connectivity index (χ1) is 9.38. The summed E-state index contributed by atoms with van der Waals surface area (Å²) < 4.78 is 0. The molecule has 2 rings (SSSR count). The molecule has 20 heavy (non-hydrogen) atoms. The topological polar surface area (TPSA) is 78.4 Å². The molecule has 1 amide bonds. The molecular weight excluding hydrogens is 256 g/mol. The number of amides is 1. The van der Waals surface area contributed by atoms with Crippen molar-refractivity contribution in [1.82, 2.24) is 10.6 Å². The standard InChI is InChI=1S/C15H26N2O3/c1-11-4-7-15(8-5-11,13(19)20)17-12(18)14(2)6-3-9-16-10-14/h11,16H,3-10H2,1-2H3,(H,17,18)(H,19,20). The van der Waals surface area contributed by atoms with Gasteiger partial charge in [-0.2, -0.15) is 0 Å². The number of rotatable bonds is 3. The van der Waals surface area contributed by atoms with Crippen molar-refractivity contribution in [3.63, 3.8) is 0 Å². The number of hydrogen-bond acceptors (Lipinski definition) is 3. The molecular formula is C15H26N2O3. The molecule has 2 fully saturated rings. The monoisotopic (exact) mass is 282 g/mol. The van der Waals surface area contributed by atoms with E-state index in [0.29, 0.717) is 25.3 Å². The van der Waals surface area contributed by atoms with Crippen molar-refractivity contribution in [1.29, 1.82) is 0 Å². The Morgan fingerprint density at radius 3 is 2.40 bits per heavy atom. The molecule has 1 atom stereocenters. The van der Waals surface area contributed by atoms with Crippen molar-refractivity contribution in [2.75, 3.05) is 13.1 Å². The van der Waals surface area contributed by atoms with Crippen LogP contribution in [0.4, 0.5) is 0 Å². The first kappa shape index (κ1) is 15.3. The zero-order valence-electron chi connectivity index (χ0n) is 12.5. The molecule has 5 heteroatoms. The van der Waals surface area contributed by atoms with Crippen molar-refractivity contribution < 1.29 is 14.7 Å². The van der Waals surface area contributed by atoms with Crippen LogP contribution in [0.5, 0.6) is 0 Å². The quantitative estimate of drug-likeness (QED) is 0.733. The molecule has 0 radical (unpaired) electrons.